The molecule has 21 heavy (non-hydrogen) atoms. The molecule has 0 atom stereocenters. The normalized spacial score (nSPS) is 11.3. The second-order valence-corrected chi connectivity index (χ2v) is 4.87. The number of carbonyl (C=O) groups is 1. The number of aryl methyl sites for hydroxylation is 3. The van der Waals surface area contributed by atoms with Crippen molar-refractivity contribution in [2.75, 3.05) is 0 Å². The van der Waals surface area contributed by atoms with Crippen LogP contribution in [0, 0.1) is 19.8 Å². The molecule has 1 N–H and O–H groups in total. The summed E-state index contributed by atoms with van der Waals surface area (Å²) < 4.78 is 16.1. The molecule has 0 radical (unpaired) electrons. The molecule has 2 aromatic rings. The molecule has 2 rings (SSSR count). The fraction of sp³-hybridized carbons (Fsp3) is 0.333. The molecule has 0 unspecified atom stereocenters. The van der Waals surface area contributed by atoms with E-state index in [4.69, 9.17) is 11.6 Å². The lowest BCUT2D eigenvalue weighted by atomic mass is 10.3. The summed E-state index contributed by atoms with van der Waals surface area (Å²) in [6.07, 6.45) is 2.77. The summed E-state index contributed by atoms with van der Waals surface area (Å²) in [5, 5.41) is 12.1. The van der Waals surface area contributed by atoms with Crippen molar-refractivity contribution in [3.05, 3.63) is 34.1 Å². The van der Waals surface area contributed by atoms with Crippen molar-refractivity contribution in [2.45, 2.75) is 20.4 Å². The number of hydrogen-bond donors (Lipinski definition) is 1. The minimum atomic E-state index is -0.514. The summed E-state index contributed by atoms with van der Waals surface area (Å²) in [5.41, 5.74) is 3.66. The molecule has 112 valence electrons. The van der Waals surface area contributed by atoms with Crippen molar-refractivity contribution in [2.24, 2.45) is 12.1 Å². The van der Waals surface area contributed by atoms with Gasteiger partial charge < -0.3 is 0 Å². The molecule has 1 amide bonds. The zero-order valence-corrected chi connectivity index (χ0v) is 12.5. The SMILES string of the molecule is Cc1nn(CC(=O)N/N=C/c2c(C)nn(C)c2F)cc1Cl. The van der Waals surface area contributed by atoms with Crippen LogP contribution in [0.5, 0.6) is 0 Å². The number of carbonyl (C=O) groups excluding carboxylic acids is 1. The second-order valence-electron chi connectivity index (χ2n) is 4.47. The van der Waals surface area contributed by atoms with E-state index in [9.17, 15) is 9.18 Å². The second kappa shape index (κ2) is 6.04. The largest absolute Gasteiger partial charge is 0.271 e. The van der Waals surface area contributed by atoms with Gasteiger partial charge in [-0.1, -0.05) is 11.6 Å². The van der Waals surface area contributed by atoms with Crippen LogP contribution >= 0.6 is 11.6 Å². The van der Waals surface area contributed by atoms with Crippen LogP contribution < -0.4 is 5.43 Å². The van der Waals surface area contributed by atoms with Gasteiger partial charge in [-0.15, -0.1) is 0 Å². The van der Waals surface area contributed by atoms with Crippen molar-refractivity contribution in [3.63, 3.8) is 0 Å². The Morgan fingerprint density at radius 3 is 2.71 bits per heavy atom. The third-order valence-electron chi connectivity index (χ3n) is 2.77. The number of nitrogens with zero attached hydrogens (tertiary/aromatic N) is 5. The Bertz CT molecular complexity index is 685. The van der Waals surface area contributed by atoms with Gasteiger partial charge in [0.15, 0.2) is 0 Å². The zero-order valence-electron chi connectivity index (χ0n) is 11.8. The maximum absolute atomic E-state index is 13.6. The number of rotatable bonds is 4. The summed E-state index contributed by atoms with van der Waals surface area (Å²) in [7, 11) is 1.49. The lowest BCUT2D eigenvalue weighted by Crippen LogP contribution is -2.23. The van der Waals surface area contributed by atoms with Gasteiger partial charge in [0.05, 0.1) is 28.2 Å². The molecular formula is C12H14ClFN6O. The molecular weight excluding hydrogens is 299 g/mol. The highest BCUT2D eigenvalue weighted by molar-refractivity contribution is 6.31. The van der Waals surface area contributed by atoms with E-state index in [0.29, 0.717) is 16.4 Å². The highest BCUT2D eigenvalue weighted by Gasteiger charge is 2.11. The van der Waals surface area contributed by atoms with E-state index < -0.39 is 11.9 Å². The highest BCUT2D eigenvalue weighted by Crippen LogP contribution is 2.11. The fourth-order valence-corrected chi connectivity index (χ4v) is 1.87. The highest BCUT2D eigenvalue weighted by atomic mass is 35.5. The molecule has 0 aliphatic carbocycles. The molecule has 0 fully saturated rings. The first-order chi connectivity index (χ1) is 9.88. The third kappa shape index (κ3) is 3.46. The Hall–Kier alpha value is -2.22. The monoisotopic (exact) mass is 312 g/mol. The Morgan fingerprint density at radius 2 is 2.19 bits per heavy atom. The Morgan fingerprint density at radius 1 is 1.48 bits per heavy atom. The molecule has 2 heterocycles. The molecule has 0 saturated heterocycles. The molecule has 7 nitrogen and oxygen atoms in total. The first-order valence-corrected chi connectivity index (χ1v) is 6.47. The lowest BCUT2D eigenvalue weighted by molar-refractivity contribution is -0.121. The molecule has 0 aliphatic rings. The Kier molecular flexibility index (Phi) is 4.37. The fourth-order valence-electron chi connectivity index (χ4n) is 1.72. The van der Waals surface area contributed by atoms with E-state index in [1.807, 2.05) is 0 Å². The molecule has 2 aromatic heterocycles. The van der Waals surface area contributed by atoms with Crippen LogP contribution in [-0.4, -0.2) is 31.7 Å². The van der Waals surface area contributed by atoms with Gasteiger partial charge in [0, 0.05) is 13.2 Å². The van der Waals surface area contributed by atoms with Gasteiger partial charge >= 0.3 is 0 Å². The zero-order chi connectivity index (χ0) is 15.6. The molecule has 0 bridgehead atoms. The molecule has 0 spiro atoms. The van der Waals surface area contributed by atoms with Gasteiger partial charge in [-0.3, -0.25) is 9.48 Å². The van der Waals surface area contributed by atoms with E-state index in [1.165, 1.54) is 17.9 Å². The third-order valence-corrected chi connectivity index (χ3v) is 3.14. The average molecular weight is 313 g/mol. The summed E-state index contributed by atoms with van der Waals surface area (Å²) in [5.74, 6) is -0.910. The topological polar surface area (TPSA) is 77.1 Å². The Labute approximate surface area is 125 Å². The van der Waals surface area contributed by atoms with Crippen LogP contribution in [0.2, 0.25) is 5.02 Å². The van der Waals surface area contributed by atoms with Crippen molar-refractivity contribution >= 4 is 23.7 Å². The van der Waals surface area contributed by atoms with Crippen molar-refractivity contribution in [1.29, 1.82) is 0 Å². The van der Waals surface area contributed by atoms with Gasteiger partial charge in [0.1, 0.15) is 6.54 Å². The van der Waals surface area contributed by atoms with Crippen molar-refractivity contribution in [1.82, 2.24) is 25.0 Å². The van der Waals surface area contributed by atoms with E-state index in [-0.39, 0.29) is 12.1 Å². The van der Waals surface area contributed by atoms with Gasteiger partial charge in [-0.25, -0.2) is 10.1 Å². The molecule has 0 aliphatic heterocycles. The standard InChI is InChI=1S/C12H14ClFN6O/c1-7-9(12(14)19(3)17-7)4-15-16-11(21)6-20-5-10(13)8(2)18-20/h4-5H,6H2,1-3H3,(H,16,21)/b15-4+. The van der Waals surface area contributed by atoms with Crippen LogP contribution in [0.3, 0.4) is 0 Å². The quantitative estimate of drug-likeness (QED) is 0.680. The number of hydrogen-bond acceptors (Lipinski definition) is 4. The van der Waals surface area contributed by atoms with E-state index in [0.717, 1.165) is 4.68 Å². The molecule has 9 heteroatoms. The van der Waals surface area contributed by atoms with E-state index in [1.54, 1.807) is 20.0 Å². The maximum Gasteiger partial charge on any atom is 0.261 e. The predicted molar refractivity (Wildman–Crippen MR) is 75.6 cm³/mol. The number of aromatic nitrogens is 4. The first kappa shape index (κ1) is 15.2. The predicted octanol–water partition coefficient (Wildman–Crippen LogP) is 1.18. The van der Waals surface area contributed by atoms with Gasteiger partial charge in [-0.05, 0) is 13.8 Å². The maximum atomic E-state index is 13.6. The summed E-state index contributed by atoms with van der Waals surface area (Å²) in [6.45, 7) is 3.36. The molecule has 0 aromatic carbocycles. The molecule has 0 saturated carbocycles. The first-order valence-electron chi connectivity index (χ1n) is 6.09. The Balaban J connectivity index is 1.96. The lowest BCUT2D eigenvalue weighted by Gasteiger charge is -1.99. The van der Waals surface area contributed by atoms with Crippen LogP contribution in [-0.2, 0) is 18.4 Å². The van der Waals surface area contributed by atoms with Gasteiger partial charge in [0.2, 0.25) is 5.95 Å². The van der Waals surface area contributed by atoms with Crippen LogP contribution in [0.15, 0.2) is 11.3 Å². The minimum Gasteiger partial charge on any atom is -0.271 e. The van der Waals surface area contributed by atoms with E-state index >= 15 is 0 Å². The number of halogens is 2. The van der Waals surface area contributed by atoms with Crippen LogP contribution in [0.25, 0.3) is 0 Å². The van der Waals surface area contributed by atoms with Crippen molar-refractivity contribution in [3.8, 4) is 0 Å². The number of amides is 1. The number of hydrazone groups is 1. The van der Waals surface area contributed by atoms with Gasteiger partial charge in [0.25, 0.3) is 5.91 Å². The van der Waals surface area contributed by atoms with E-state index in [2.05, 4.69) is 20.7 Å². The summed E-state index contributed by atoms with van der Waals surface area (Å²) in [6, 6.07) is 0. The number of nitrogens with one attached hydrogen (secondary N) is 1. The average Bonchev–Trinajstić information content (AvgIpc) is 2.83. The van der Waals surface area contributed by atoms with Crippen molar-refractivity contribution < 1.29 is 9.18 Å². The minimum absolute atomic E-state index is 0.0284. The van der Waals surface area contributed by atoms with Gasteiger partial charge in [-0.2, -0.15) is 19.7 Å². The summed E-state index contributed by atoms with van der Waals surface area (Å²) >= 11 is 5.84. The van der Waals surface area contributed by atoms with Crippen LogP contribution in [0.4, 0.5) is 4.39 Å². The smallest absolute Gasteiger partial charge is 0.261 e. The summed E-state index contributed by atoms with van der Waals surface area (Å²) in [4.78, 5) is 11.7. The van der Waals surface area contributed by atoms with Crippen LogP contribution in [0.1, 0.15) is 17.0 Å².